The molecule has 0 aliphatic rings. The summed E-state index contributed by atoms with van der Waals surface area (Å²) in [6.45, 7) is 0.722. The summed E-state index contributed by atoms with van der Waals surface area (Å²) in [6, 6.07) is 37.0. The maximum atomic E-state index is 9.87. The number of allylic oxidation sites excluding steroid dienone is 3. The molecule has 0 fully saturated rings. The van der Waals surface area contributed by atoms with E-state index in [1.54, 1.807) is 11.8 Å². The Morgan fingerprint density at radius 2 is 1.43 bits per heavy atom. The molecule has 0 unspecified atom stereocenters. The number of nitriles is 2. The summed E-state index contributed by atoms with van der Waals surface area (Å²) in [5.41, 5.74) is 4.84. The molecule has 4 heteroatoms. The number of thioether (sulfide) groups is 1. The maximum absolute atomic E-state index is 9.87. The van der Waals surface area contributed by atoms with Gasteiger partial charge in [-0.15, -0.1) is 11.8 Å². The van der Waals surface area contributed by atoms with Gasteiger partial charge in [0.2, 0.25) is 0 Å². The summed E-state index contributed by atoms with van der Waals surface area (Å²) in [7, 11) is 2.03. The van der Waals surface area contributed by atoms with E-state index in [-0.39, 0.29) is 5.57 Å². The minimum Gasteiger partial charge on any atom is -0.365 e. The molecule has 0 bridgehead atoms. The SMILES string of the molecule is CS/C(=C/C(=C(C#N)C#N)c1ccccc1-c1cccc2ccccc12)N(C)Cc1ccccc1. The average molecular weight is 472 g/mol. The Bertz CT molecular complexity index is 1470. The average Bonchev–Trinajstić information content (AvgIpc) is 2.91. The van der Waals surface area contributed by atoms with Crippen molar-refractivity contribution in [3.05, 3.63) is 125 Å². The minimum absolute atomic E-state index is 0.0948. The monoisotopic (exact) mass is 471 g/mol. The van der Waals surface area contributed by atoms with Crippen molar-refractivity contribution in [1.82, 2.24) is 4.90 Å². The van der Waals surface area contributed by atoms with Crippen LogP contribution in [-0.4, -0.2) is 18.2 Å². The largest absolute Gasteiger partial charge is 0.365 e. The predicted molar refractivity (Wildman–Crippen MR) is 147 cm³/mol. The first kappa shape index (κ1) is 23.9. The van der Waals surface area contributed by atoms with Crippen LogP contribution in [0.2, 0.25) is 0 Å². The molecule has 0 amide bonds. The minimum atomic E-state index is 0.0948. The highest BCUT2D eigenvalue weighted by molar-refractivity contribution is 8.02. The molecule has 3 nitrogen and oxygen atoms in total. The first-order valence-electron chi connectivity index (χ1n) is 11.3. The Morgan fingerprint density at radius 3 is 2.17 bits per heavy atom. The molecule has 0 radical (unpaired) electrons. The van der Waals surface area contributed by atoms with E-state index in [1.807, 2.05) is 74.0 Å². The van der Waals surface area contributed by atoms with Gasteiger partial charge in [0.05, 0.1) is 5.03 Å². The molecule has 0 aliphatic heterocycles. The van der Waals surface area contributed by atoms with Gasteiger partial charge in [0.25, 0.3) is 0 Å². The molecule has 170 valence electrons. The number of rotatable bonds is 7. The highest BCUT2D eigenvalue weighted by atomic mass is 32.2. The summed E-state index contributed by atoms with van der Waals surface area (Å²) in [5, 5.41) is 23.0. The van der Waals surface area contributed by atoms with Crippen molar-refractivity contribution in [1.29, 1.82) is 10.5 Å². The first-order chi connectivity index (χ1) is 17.2. The lowest BCUT2D eigenvalue weighted by Crippen LogP contribution is -2.15. The summed E-state index contributed by atoms with van der Waals surface area (Å²) >= 11 is 1.60. The fourth-order valence-corrected chi connectivity index (χ4v) is 4.84. The quantitative estimate of drug-likeness (QED) is 0.205. The highest BCUT2D eigenvalue weighted by Gasteiger charge is 2.16. The van der Waals surface area contributed by atoms with Gasteiger partial charge in [0, 0.05) is 19.2 Å². The molecule has 35 heavy (non-hydrogen) atoms. The van der Waals surface area contributed by atoms with Crippen LogP contribution in [0.4, 0.5) is 0 Å². The molecule has 4 aromatic carbocycles. The third kappa shape index (κ3) is 5.30. The lowest BCUT2D eigenvalue weighted by Gasteiger charge is -2.22. The van der Waals surface area contributed by atoms with Crippen LogP contribution in [-0.2, 0) is 6.54 Å². The topological polar surface area (TPSA) is 50.8 Å². The fraction of sp³-hybridized carbons (Fsp3) is 0.0968. The predicted octanol–water partition coefficient (Wildman–Crippen LogP) is 7.64. The van der Waals surface area contributed by atoms with Gasteiger partial charge in [-0.2, -0.15) is 10.5 Å². The van der Waals surface area contributed by atoms with Crippen molar-refractivity contribution in [2.24, 2.45) is 0 Å². The van der Waals surface area contributed by atoms with Crippen LogP contribution in [0.3, 0.4) is 0 Å². The Kier molecular flexibility index (Phi) is 7.68. The molecule has 4 rings (SSSR count). The van der Waals surface area contributed by atoms with Gasteiger partial charge in [-0.05, 0) is 45.4 Å². The molecule has 4 aromatic rings. The maximum Gasteiger partial charge on any atom is 0.137 e. The second-order valence-corrected chi connectivity index (χ2v) is 8.94. The number of hydrogen-bond donors (Lipinski definition) is 0. The van der Waals surface area contributed by atoms with Crippen molar-refractivity contribution < 1.29 is 0 Å². The zero-order valence-electron chi connectivity index (χ0n) is 19.8. The van der Waals surface area contributed by atoms with Gasteiger partial charge < -0.3 is 4.90 Å². The Morgan fingerprint density at radius 1 is 0.800 bits per heavy atom. The number of nitrogens with zero attached hydrogens (tertiary/aromatic N) is 3. The van der Waals surface area contributed by atoms with E-state index in [2.05, 4.69) is 59.5 Å². The van der Waals surface area contributed by atoms with Crippen LogP contribution >= 0.6 is 11.8 Å². The second-order valence-electron chi connectivity index (χ2n) is 8.11. The molecule has 0 saturated heterocycles. The molecule has 0 saturated carbocycles. The Hall–Kier alpha value is -4.25. The van der Waals surface area contributed by atoms with Gasteiger partial charge in [-0.3, -0.25) is 0 Å². The van der Waals surface area contributed by atoms with Crippen molar-refractivity contribution in [2.45, 2.75) is 6.54 Å². The van der Waals surface area contributed by atoms with Crippen molar-refractivity contribution >= 4 is 28.1 Å². The third-order valence-corrected chi connectivity index (χ3v) is 6.75. The van der Waals surface area contributed by atoms with E-state index in [9.17, 15) is 10.5 Å². The van der Waals surface area contributed by atoms with Gasteiger partial charge in [-0.1, -0.05) is 97.1 Å². The zero-order chi connectivity index (χ0) is 24.6. The first-order valence-corrected chi connectivity index (χ1v) is 12.5. The van der Waals surface area contributed by atoms with Crippen molar-refractivity contribution in [3.8, 4) is 23.3 Å². The molecule has 0 heterocycles. The van der Waals surface area contributed by atoms with Crippen molar-refractivity contribution in [3.63, 3.8) is 0 Å². The third-order valence-electron chi connectivity index (χ3n) is 5.91. The van der Waals surface area contributed by atoms with Crippen LogP contribution < -0.4 is 0 Å². The Balaban J connectivity index is 1.87. The summed E-state index contributed by atoms with van der Waals surface area (Å²) in [4.78, 5) is 2.15. The van der Waals surface area contributed by atoms with Gasteiger partial charge in [0.15, 0.2) is 0 Å². The number of fused-ring (bicyclic) bond motifs is 1. The number of benzene rings is 4. The van der Waals surface area contributed by atoms with Gasteiger partial charge in [-0.25, -0.2) is 0 Å². The summed E-state index contributed by atoms with van der Waals surface area (Å²) in [5.74, 6) is 0. The fourth-order valence-electron chi connectivity index (χ4n) is 4.23. The second kappa shape index (κ2) is 11.3. The molecule has 0 N–H and O–H groups in total. The zero-order valence-corrected chi connectivity index (χ0v) is 20.6. The van der Waals surface area contributed by atoms with E-state index < -0.39 is 0 Å². The molecule has 0 aliphatic carbocycles. The lowest BCUT2D eigenvalue weighted by atomic mass is 9.89. The summed E-state index contributed by atoms with van der Waals surface area (Å²) < 4.78 is 0. The molecule has 0 aromatic heterocycles. The van der Waals surface area contributed by atoms with E-state index in [4.69, 9.17) is 0 Å². The van der Waals surface area contributed by atoms with Gasteiger partial charge in [0.1, 0.15) is 17.7 Å². The van der Waals surface area contributed by atoms with E-state index >= 15 is 0 Å². The van der Waals surface area contributed by atoms with E-state index in [0.717, 1.165) is 39.0 Å². The number of hydrogen-bond acceptors (Lipinski definition) is 4. The Labute approximate surface area is 211 Å². The van der Waals surface area contributed by atoms with E-state index in [1.165, 1.54) is 5.56 Å². The smallest absolute Gasteiger partial charge is 0.137 e. The van der Waals surface area contributed by atoms with Crippen molar-refractivity contribution in [2.75, 3.05) is 13.3 Å². The van der Waals surface area contributed by atoms with Crippen LogP contribution in [0.25, 0.3) is 27.5 Å². The molecule has 0 atom stereocenters. The van der Waals surface area contributed by atoms with Crippen LogP contribution in [0.15, 0.2) is 114 Å². The van der Waals surface area contributed by atoms with E-state index in [0.29, 0.717) is 5.57 Å². The molecular weight excluding hydrogens is 446 g/mol. The van der Waals surface area contributed by atoms with Gasteiger partial charge >= 0.3 is 0 Å². The van der Waals surface area contributed by atoms with Crippen LogP contribution in [0.1, 0.15) is 11.1 Å². The van der Waals surface area contributed by atoms with Crippen LogP contribution in [0.5, 0.6) is 0 Å². The standard InChI is InChI=1S/C31H25N3S/c1-34(22-23-11-4-3-5-12-23)31(35-2)19-30(25(20-32)21-33)29-17-9-8-16-28(29)27-18-10-14-24-13-6-7-15-26(24)27/h3-19H,22H2,1-2H3/b31-19+. The molecular formula is C31H25N3S. The summed E-state index contributed by atoms with van der Waals surface area (Å²) in [6.07, 6.45) is 3.99. The highest BCUT2D eigenvalue weighted by Crippen LogP contribution is 2.37. The lowest BCUT2D eigenvalue weighted by molar-refractivity contribution is 0.440. The normalized spacial score (nSPS) is 10.9. The van der Waals surface area contributed by atoms with Crippen LogP contribution in [0, 0.1) is 22.7 Å². The molecule has 0 spiro atoms.